The highest BCUT2D eigenvalue weighted by atomic mass is 79.9. The van der Waals surface area contributed by atoms with Crippen LogP contribution in [0.4, 0.5) is 0 Å². The van der Waals surface area contributed by atoms with Crippen LogP contribution in [0.25, 0.3) is 10.9 Å². The van der Waals surface area contributed by atoms with E-state index < -0.39 is 0 Å². The van der Waals surface area contributed by atoms with Gasteiger partial charge < -0.3 is 4.57 Å². The van der Waals surface area contributed by atoms with Gasteiger partial charge in [0.15, 0.2) is 5.78 Å². The SMILES string of the molecule is Cc1cccc(C(=O)Cn2cc(Br)c3ccccc32)c1. The molecule has 0 unspecified atom stereocenters. The number of benzene rings is 2. The second-order valence-corrected chi connectivity index (χ2v) is 5.77. The highest BCUT2D eigenvalue weighted by Crippen LogP contribution is 2.26. The number of Topliss-reactive ketones (excluding diaryl/α,β-unsaturated/α-hetero) is 1. The van der Waals surface area contributed by atoms with Crippen molar-refractivity contribution in [1.29, 1.82) is 0 Å². The lowest BCUT2D eigenvalue weighted by atomic mass is 10.1. The quantitative estimate of drug-likeness (QED) is 0.644. The van der Waals surface area contributed by atoms with Crippen LogP contribution in [-0.4, -0.2) is 10.4 Å². The average Bonchev–Trinajstić information content (AvgIpc) is 2.76. The zero-order valence-electron chi connectivity index (χ0n) is 11.1. The third kappa shape index (κ3) is 2.41. The Kier molecular flexibility index (Phi) is 3.45. The first-order chi connectivity index (χ1) is 9.65. The molecule has 0 aliphatic carbocycles. The van der Waals surface area contributed by atoms with E-state index in [1.54, 1.807) is 0 Å². The normalized spacial score (nSPS) is 10.9. The van der Waals surface area contributed by atoms with Gasteiger partial charge in [0.25, 0.3) is 0 Å². The molecule has 1 aromatic heterocycles. The molecule has 0 aliphatic rings. The van der Waals surface area contributed by atoms with Crippen LogP contribution in [-0.2, 0) is 6.54 Å². The molecular formula is C17H14BrNO. The summed E-state index contributed by atoms with van der Waals surface area (Å²) in [7, 11) is 0. The van der Waals surface area contributed by atoms with E-state index in [4.69, 9.17) is 0 Å². The van der Waals surface area contributed by atoms with Crippen molar-refractivity contribution in [3.63, 3.8) is 0 Å². The molecule has 3 aromatic rings. The van der Waals surface area contributed by atoms with Gasteiger partial charge in [-0.2, -0.15) is 0 Å². The fraction of sp³-hybridized carbons (Fsp3) is 0.118. The molecule has 0 bridgehead atoms. The van der Waals surface area contributed by atoms with Crippen LogP contribution in [0.3, 0.4) is 0 Å². The van der Waals surface area contributed by atoms with Crippen LogP contribution in [0, 0.1) is 6.92 Å². The third-order valence-corrected chi connectivity index (χ3v) is 4.03. The summed E-state index contributed by atoms with van der Waals surface area (Å²) in [5.74, 6) is 0.127. The van der Waals surface area contributed by atoms with Gasteiger partial charge in [0.05, 0.1) is 6.54 Å². The number of nitrogens with zero attached hydrogens (tertiary/aromatic N) is 1. The highest BCUT2D eigenvalue weighted by Gasteiger charge is 2.11. The van der Waals surface area contributed by atoms with Gasteiger partial charge in [-0.3, -0.25) is 4.79 Å². The minimum Gasteiger partial charge on any atom is -0.338 e. The summed E-state index contributed by atoms with van der Waals surface area (Å²) in [5, 5.41) is 1.13. The van der Waals surface area contributed by atoms with Crippen LogP contribution in [0.15, 0.2) is 59.2 Å². The van der Waals surface area contributed by atoms with Crippen LogP contribution < -0.4 is 0 Å². The van der Waals surface area contributed by atoms with Crippen molar-refractivity contribution in [3.8, 4) is 0 Å². The predicted molar refractivity (Wildman–Crippen MR) is 85.1 cm³/mol. The first-order valence-electron chi connectivity index (χ1n) is 6.48. The lowest BCUT2D eigenvalue weighted by Crippen LogP contribution is -2.09. The standard InChI is InChI=1S/C17H14BrNO/c1-12-5-4-6-13(9-12)17(20)11-19-10-15(18)14-7-2-3-8-16(14)19/h2-10H,11H2,1H3. The second-order valence-electron chi connectivity index (χ2n) is 4.91. The van der Waals surface area contributed by atoms with E-state index >= 15 is 0 Å². The number of para-hydroxylation sites is 1. The van der Waals surface area contributed by atoms with Gasteiger partial charge in [-0.1, -0.05) is 42.0 Å². The maximum absolute atomic E-state index is 12.4. The maximum atomic E-state index is 12.4. The number of carbonyl (C=O) groups excluding carboxylic acids is 1. The van der Waals surface area contributed by atoms with Gasteiger partial charge in [0.1, 0.15) is 0 Å². The van der Waals surface area contributed by atoms with E-state index in [1.807, 2.05) is 66.2 Å². The minimum absolute atomic E-state index is 0.127. The summed E-state index contributed by atoms with van der Waals surface area (Å²) in [6, 6.07) is 15.8. The first kappa shape index (κ1) is 13.1. The van der Waals surface area contributed by atoms with Crippen LogP contribution in [0.5, 0.6) is 0 Å². The summed E-state index contributed by atoms with van der Waals surface area (Å²) >= 11 is 3.54. The number of hydrogen-bond acceptors (Lipinski definition) is 1. The summed E-state index contributed by atoms with van der Waals surface area (Å²) < 4.78 is 3.01. The minimum atomic E-state index is 0.127. The Morgan fingerprint density at radius 3 is 2.75 bits per heavy atom. The Bertz CT molecular complexity index is 789. The fourth-order valence-electron chi connectivity index (χ4n) is 2.40. The van der Waals surface area contributed by atoms with Gasteiger partial charge in [0, 0.05) is 27.1 Å². The predicted octanol–water partition coefficient (Wildman–Crippen LogP) is 4.60. The Hall–Kier alpha value is -1.87. The van der Waals surface area contributed by atoms with Crippen molar-refractivity contribution in [2.24, 2.45) is 0 Å². The molecule has 100 valence electrons. The van der Waals surface area contributed by atoms with E-state index in [2.05, 4.69) is 15.9 Å². The topological polar surface area (TPSA) is 22.0 Å². The molecule has 0 N–H and O–H groups in total. The van der Waals surface area contributed by atoms with Crippen LogP contribution in [0.2, 0.25) is 0 Å². The average molecular weight is 328 g/mol. The van der Waals surface area contributed by atoms with E-state index in [-0.39, 0.29) is 5.78 Å². The van der Waals surface area contributed by atoms with Gasteiger partial charge in [0.2, 0.25) is 0 Å². The summed E-state index contributed by atoms with van der Waals surface area (Å²) in [6.07, 6.45) is 1.97. The number of fused-ring (bicyclic) bond motifs is 1. The fourth-order valence-corrected chi connectivity index (χ4v) is 2.98. The highest BCUT2D eigenvalue weighted by molar-refractivity contribution is 9.10. The van der Waals surface area contributed by atoms with Crippen molar-refractivity contribution in [2.45, 2.75) is 13.5 Å². The third-order valence-electron chi connectivity index (χ3n) is 3.39. The molecule has 0 spiro atoms. The summed E-state index contributed by atoms with van der Waals surface area (Å²) in [5.41, 5.74) is 2.94. The zero-order valence-corrected chi connectivity index (χ0v) is 12.7. The van der Waals surface area contributed by atoms with E-state index in [1.165, 1.54) is 0 Å². The Labute approximate surface area is 126 Å². The molecule has 3 heteroatoms. The molecular weight excluding hydrogens is 314 g/mol. The molecule has 2 aromatic carbocycles. The molecule has 1 heterocycles. The number of carbonyl (C=O) groups is 1. The van der Waals surface area contributed by atoms with Gasteiger partial charge in [-0.05, 0) is 35.0 Å². The first-order valence-corrected chi connectivity index (χ1v) is 7.28. The van der Waals surface area contributed by atoms with Gasteiger partial charge in [-0.25, -0.2) is 0 Å². The molecule has 0 saturated heterocycles. The molecule has 0 aliphatic heterocycles. The molecule has 0 amide bonds. The van der Waals surface area contributed by atoms with Crippen molar-refractivity contribution in [3.05, 3.63) is 70.3 Å². The number of rotatable bonds is 3. The Balaban J connectivity index is 1.95. The van der Waals surface area contributed by atoms with E-state index in [0.29, 0.717) is 6.54 Å². The number of ketones is 1. The molecule has 0 saturated carbocycles. The van der Waals surface area contributed by atoms with Crippen molar-refractivity contribution in [2.75, 3.05) is 0 Å². The monoisotopic (exact) mass is 327 g/mol. The number of aromatic nitrogens is 1. The van der Waals surface area contributed by atoms with Crippen LogP contribution in [0.1, 0.15) is 15.9 Å². The zero-order chi connectivity index (χ0) is 14.1. The smallest absolute Gasteiger partial charge is 0.182 e. The number of hydrogen-bond donors (Lipinski definition) is 0. The van der Waals surface area contributed by atoms with E-state index in [0.717, 1.165) is 26.5 Å². The summed E-state index contributed by atoms with van der Waals surface area (Å²) in [6.45, 7) is 2.36. The van der Waals surface area contributed by atoms with Crippen molar-refractivity contribution in [1.82, 2.24) is 4.57 Å². The molecule has 3 rings (SSSR count). The largest absolute Gasteiger partial charge is 0.338 e. The van der Waals surface area contributed by atoms with Crippen molar-refractivity contribution >= 4 is 32.6 Å². The molecule has 20 heavy (non-hydrogen) atoms. The van der Waals surface area contributed by atoms with Crippen LogP contribution >= 0.6 is 15.9 Å². The lowest BCUT2D eigenvalue weighted by Gasteiger charge is -2.05. The van der Waals surface area contributed by atoms with E-state index in [9.17, 15) is 4.79 Å². The van der Waals surface area contributed by atoms with Crippen molar-refractivity contribution < 1.29 is 4.79 Å². The molecule has 2 nitrogen and oxygen atoms in total. The number of aryl methyl sites for hydroxylation is 1. The lowest BCUT2D eigenvalue weighted by molar-refractivity contribution is 0.0973. The maximum Gasteiger partial charge on any atom is 0.182 e. The second kappa shape index (κ2) is 5.25. The molecule has 0 radical (unpaired) electrons. The van der Waals surface area contributed by atoms with Gasteiger partial charge in [-0.15, -0.1) is 0 Å². The molecule has 0 fully saturated rings. The number of halogens is 1. The Morgan fingerprint density at radius 2 is 1.95 bits per heavy atom. The molecule has 0 atom stereocenters. The Morgan fingerprint density at radius 1 is 1.15 bits per heavy atom. The van der Waals surface area contributed by atoms with Gasteiger partial charge >= 0.3 is 0 Å². The summed E-state index contributed by atoms with van der Waals surface area (Å²) in [4.78, 5) is 12.4.